The number of amides is 1. The molecule has 0 radical (unpaired) electrons. The number of hydrogen-bond donors (Lipinski definition) is 1. The Balaban J connectivity index is 1.77. The van der Waals surface area contributed by atoms with Gasteiger partial charge in [-0.15, -0.1) is 16.4 Å². The van der Waals surface area contributed by atoms with Gasteiger partial charge >= 0.3 is 0 Å². The molecule has 2 aromatic heterocycles. The van der Waals surface area contributed by atoms with Gasteiger partial charge in [0.15, 0.2) is 0 Å². The number of carbonyl (C=O) groups is 1. The van der Waals surface area contributed by atoms with Crippen LogP contribution in [0.15, 0.2) is 6.20 Å². The molecule has 1 amide bonds. The van der Waals surface area contributed by atoms with Crippen molar-refractivity contribution in [3.05, 3.63) is 27.5 Å². The number of nitrogens with one attached hydrogen (secondary N) is 1. The van der Waals surface area contributed by atoms with Crippen molar-refractivity contribution in [2.24, 2.45) is 0 Å². The molecule has 0 aliphatic heterocycles. The van der Waals surface area contributed by atoms with Crippen molar-refractivity contribution in [1.29, 1.82) is 0 Å². The quantitative estimate of drug-likeness (QED) is 0.887. The summed E-state index contributed by atoms with van der Waals surface area (Å²) in [5.74, 6) is -0.00904. The van der Waals surface area contributed by atoms with Crippen molar-refractivity contribution in [2.45, 2.75) is 33.7 Å². The van der Waals surface area contributed by atoms with E-state index in [-0.39, 0.29) is 5.91 Å². The average Bonchev–Trinajstić information content (AvgIpc) is 2.86. The zero-order valence-corrected chi connectivity index (χ0v) is 12.1. The van der Waals surface area contributed by atoms with Gasteiger partial charge in [0.05, 0.1) is 29.4 Å². The molecule has 1 N–H and O–H groups in total. The molecule has 0 aromatic carbocycles. The van der Waals surface area contributed by atoms with Crippen molar-refractivity contribution in [3.8, 4) is 0 Å². The molecule has 0 aliphatic rings. The highest BCUT2D eigenvalue weighted by molar-refractivity contribution is 7.11. The molecule has 0 unspecified atom stereocenters. The predicted molar refractivity (Wildman–Crippen MR) is 73.1 cm³/mol. The molecule has 0 saturated carbocycles. The van der Waals surface area contributed by atoms with Crippen LogP contribution < -0.4 is 5.32 Å². The van der Waals surface area contributed by atoms with Crippen LogP contribution in [0.1, 0.15) is 21.3 Å². The van der Waals surface area contributed by atoms with Gasteiger partial charge in [0.25, 0.3) is 0 Å². The van der Waals surface area contributed by atoms with Crippen LogP contribution in [-0.4, -0.2) is 32.4 Å². The lowest BCUT2D eigenvalue weighted by molar-refractivity contribution is -0.120. The summed E-state index contributed by atoms with van der Waals surface area (Å²) in [5.41, 5.74) is 1.75. The van der Waals surface area contributed by atoms with E-state index >= 15 is 0 Å². The minimum absolute atomic E-state index is 0.00904. The smallest absolute Gasteiger partial charge is 0.226 e. The minimum atomic E-state index is -0.00904. The number of carbonyl (C=O) groups excluding carboxylic acids is 1. The van der Waals surface area contributed by atoms with E-state index in [9.17, 15) is 4.79 Å². The van der Waals surface area contributed by atoms with E-state index in [0.29, 0.717) is 19.5 Å². The molecule has 0 fully saturated rings. The van der Waals surface area contributed by atoms with Crippen molar-refractivity contribution >= 4 is 17.2 Å². The Labute approximate surface area is 115 Å². The normalized spacial score (nSPS) is 10.7. The summed E-state index contributed by atoms with van der Waals surface area (Å²) in [6.07, 6.45) is 2.19. The average molecular weight is 279 g/mol. The third-order valence-electron chi connectivity index (χ3n) is 2.64. The molecule has 19 heavy (non-hydrogen) atoms. The van der Waals surface area contributed by atoms with E-state index in [1.807, 2.05) is 27.0 Å². The third-order valence-corrected chi connectivity index (χ3v) is 3.57. The second kappa shape index (κ2) is 5.92. The van der Waals surface area contributed by atoms with Crippen LogP contribution in [0.3, 0.4) is 0 Å². The molecule has 2 aromatic rings. The van der Waals surface area contributed by atoms with Crippen molar-refractivity contribution < 1.29 is 4.79 Å². The van der Waals surface area contributed by atoms with E-state index in [1.54, 1.807) is 16.0 Å². The van der Waals surface area contributed by atoms with Crippen LogP contribution >= 0.6 is 11.3 Å². The van der Waals surface area contributed by atoms with Gasteiger partial charge in [-0.05, 0) is 20.8 Å². The Kier molecular flexibility index (Phi) is 4.26. The van der Waals surface area contributed by atoms with Gasteiger partial charge in [-0.2, -0.15) is 0 Å². The summed E-state index contributed by atoms with van der Waals surface area (Å²) >= 11 is 1.62. The van der Waals surface area contributed by atoms with Gasteiger partial charge < -0.3 is 5.32 Å². The number of thiazole rings is 1. The fraction of sp³-hybridized carbons (Fsp3) is 0.500. The van der Waals surface area contributed by atoms with Gasteiger partial charge in [0, 0.05) is 17.6 Å². The molecule has 6 nitrogen and oxygen atoms in total. The monoisotopic (exact) mass is 279 g/mol. The lowest BCUT2D eigenvalue weighted by atomic mass is 10.2. The van der Waals surface area contributed by atoms with Gasteiger partial charge in [0.2, 0.25) is 5.91 Å². The fourth-order valence-corrected chi connectivity index (χ4v) is 2.60. The molecule has 2 heterocycles. The molecule has 0 aliphatic carbocycles. The van der Waals surface area contributed by atoms with Gasteiger partial charge in [0.1, 0.15) is 0 Å². The predicted octanol–water partition coefficient (Wildman–Crippen LogP) is 1.02. The van der Waals surface area contributed by atoms with Gasteiger partial charge in [-0.3, -0.25) is 9.48 Å². The summed E-state index contributed by atoms with van der Waals surface area (Å²) in [5, 5.41) is 11.7. The topological polar surface area (TPSA) is 72.7 Å². The van der Waals surface area contributed by atoms with E-state index in [4.69, 9.17) is 0 Å². The Morgan fingerprint density at radius 1 is 1.42 bits per heavy atom. The Morgan fingerprint density at radius 3 is 2.79 bits per heavy atom. The first-order chi connectivity index (χ1) is 9.04. The maximum absolute atomic E-state index is 11.8. The Morgan fingerprint density at radius 2 is 2.21 bits per heavy atom. The van der Waals surface area contributed by atoms with Crippen molar-refractivity contribution in [2.75, 3.05) is 6.54 Å². The van der Waals surface area contributed by atoms with E-state index in [2.05, 4.69) is 20.6 Å². The molecular weight excluding hydrogens is 262 g/mol. The minimum Gasteiger partial charge on any atom is -0.354 e. The molecule has 2 rings (SSSR count). The molecule has 0 atom stereocenters. The summed E-state index contributed by atoms with van der Waals surface area (Å²) in [4.78, 5) is 17.2. The van der Waals surface area contributed by atoms with Gasteiger partial charge in [-0.1, -0.05) is 5.21 Å². The van der Waals surface area contributed by atoms with Crippen molar-refractivity contribution in [3.63, 3.8) is 0 Å². The highest BCUT2D eigenvalue weighted by atomic mass is 32.1. The summed E-state index contributed by atoms with van der Waals surface area (Å²) in [6.45, 7) is 7.00. The first-order valence-electron chi connectivity index (χ1n) is 6.11. The molecule has 0 bridgehead atoms. The van der Waals surface area contributed by atoms with Crippen LogP contribution in [0.2, 0.25) is 0 Å². The Hall–Kier alpha value is -1.76. The summed E-state index contributed by atoms with van der Waals surface area (Å²) in [6, 6.07) is 0. The van der Waals surface area contributed by atoms with Crippen LogP contribution in [0, 0.1) is 20.8 Å². The zero-order valence-electron chi connectivity index (χ0n) is 11.3. The lowest BCUT2D eigenvalue weighted by Crippen LogP contribution is -2.29. The van der Waals surface area contributed by atoms with E-state index in [1.165, 1.54) is 0 Å². The summed E-state index contributed by atoms with van der Waals surface area (Å²) in [7, 11) is 0. The molecule has 0 spiro atoms. The number of hydrogen-bond acceptors (Lipinski definition) is 5. The molecule has 0 saturated heterocycles. The Bertz CT molecular complexity index is 574. The molecule has 102 valence electrons. The SMILES string of the molecule is Cc1cn(CCNC(=O)Cc2nc(C)sc2C)nn1. The largest absolute Gasteiger partial charge is 0.354 e. The lowest BCUT2D eigenvalue weighted by Gasteiger charge is -2.04. The van der Waals surface area contributed by atoms with Crippen LogP contribution in [0.4, 0.5) is 0 Å². The fourth-order valence-electron chi connectivity index (χ4n) is 1.77. The number of aromatic nitrogens is 4. The van der Waals surface area contributed by atoms with E-state index < -0.39 is 0 Å². The van der Waals surface area contributed by atoms with E-state index in [0.717, 1.165) is 21.3 Å². The molecular formula is C12H17N5OS. The highest BCUT2D eigenvalue weighted by Crippen LogP contribution is 2.16. The number of rotatable bonds is 5. The number of nitrogens with zero attached hydrogens (tertiary/aromatic N) is 4. The highest BCUT2D eigenvalue weighted by Gasteiger charge is 2.09. The maximum Gasteiger partial charge on any atom is 0.226 e. The third kappa shape index (κ3) is 3.85. The van der Waals surface area contributed by atoms with Crippen LogP contribution in [-0.2, 0) is 17.8 Å². The van der Waals surface area contributed by atoms with Gasteiger partial charge in [-0.25, -0.2) is 4.98 Å². The second-order valence-electron chi connectivity index (χ2n) is 4.39. The number of aryl methyl sites for hydroxylation is 3. The van der Waals surface area contributed by atoms with Crippen molar-refractivity contribution in [1.82, 2.24) is 25.3 Å². The van der Waals surface area contributed by atoms with Crippen LogP contribution in [0.25, 0.3) is 0 Å². The standard InChI is InChI=1S/C12H17N5OS/c1-8-7-17(16-15-8)5-4-13-12(18)6-11-9(2)19-10(3)14-11/h7H,4-6H2,1-3H3,(H,13,18). The first kappa shape index (κ1) is 13.7. The maximum atomic E-state index is 11.8. The first-order valence-corrected chi connectivity index (χ1v) is 6.92. The summed E-state index contributed by atoms with van der Waals surface area (Å²) < 4.78 is 1.72. The molecule has 7 heteroatoms. The second-order valence-corrected chi connectivity index (χ2v) is 5.79. The van der Waals surface area contributed by atoms with Crippen LogP contribution in [0.5, 0.6) is 0 Å². The zero-order chi connectivity index (χ0) is 13.8.